The maximum absolute atomic E-state index is 6.79. The summed E-state index contributed by atoms with van der Waals surface area (Å²) in [6, 6.07) is 71.3. The van der Waals surface area contributed by atoms with Gasteiger partial charge in [-0.25, -0.2) is 0 Å². The van der Waals surface area contributed by atoms with Gasteiger partial charge < -0.3 is 4.42 Å². The lowest BCUT2D eigenvalue weighted by molar-refractivity contribution is 0.669. The first-order valence-electron chi connectivity index (χ1n) is 19.9. The Labute approximate surface area is 337 Å². The highest BCUT2D eigenvalue weighted by Gasteiger charge is 2.20. The highest BCUT2D eigenvalue weighted by atomic mass is 32.1. The van der Waals surface area contributed by atoms with Gasteiger partial charge in [0.25, 0.3) is 0 Å². The van der Waals surface area contributed by atoms with Crippen molar-refractivity contribution >= 4 is 107 Å². The van der Waals surface area contributed by atoms with Gasteiger partial charge in [-0.05, 0) is 118 Å². The van der Waals surface area contributed by atoms with Crippen LogP contribution in [0.3, 0.4) is 0 Å². The lowest BCUT2D eigenvalue weighted by Gasteiger charge is -2.18. The average molecular weight is 753 g/mol. The van der Waals surface area contributed by atoms with Crippen LogP contribution in [0.15, 0.2) is 199 Å². The van der Waals surface area contributed by atoms with Gasteiger partial charge in [0.1, 0.15) is 11.2 Å². The van der Waals surface area contributed by atoms with Crippen LogP contribution >= 0.6 is 11.3 Å². The number of rotatable bonds is 3. The summed E-state index contributed by atoms with van der Waals surface area (Å²) >= 11 is 1.90. The van der Waals surface area contributed by atoms with Gasteiger partial charge >= 0.3 is 0 Å². The van der Waals surface area contributed by atoms with E-state index in [0.29, 0.717) is 0 Å². The topological polar surface area (TPSA) is 13.1 Å². The Balaban J connectivity index is 0.977. The molecule has 0 saturated heterocycles. The second-order valence-electron chi connectivity index (χ2n) is 15.5. The molecule has 0 amide bonds. The van der Waals surface area contributed by atoms with Crippen LogP contribution in [0.5, 0.6) is 0 Å². The van der Waals surface area contributed by atoms with Crippen molar-refractivity contribution in [2.75, 3.05) is 0 Å². The molecule has 0 spiro atoms. The molecule has 0 fully saturated rings. The molecular formula is C56H32OS. The molecule has 2 heterocycles. The van der Waals surface area contributed by atoms with Crippen molar-refractivity contribution in [1.29, 1.82) is 0 Å². The molecule has 0 saturated carbocycles. The van der Waals surface area contributed by atoms with Crippen LogP contribution in [0.1, 0.15) is 0 Å². The molecule has 0 atom stereocenters. The Hall–Kier alpha value is -7.26. The summed E-state index contributed by atoms with van der Waals surface area (Å²) in [6.07, 6.45) is 0. The van der Waals surface area contributed by atoms with E-state index in [-0.39, 0.29) is 0 Å². The lowest BCUT2D eigenvalue weighted by Crippen LogP contribution is -1.91. The molecule has 0 bridgehead atoms. The Morgan fingerprint density at radius 1 is 0.310 bits per heavy atom. The normalized spacial score (nSPS) is 12.1. The number of furan rings is 1. The van der Waals surface area contributed by atoms with Crippen molar-refractivity contribution in [3.05, 3.63) is 194 Å². The minimum absolute atomic E-state index is 0.896. The quantitative estimate of drug-likeness (QED) is 0.129. The molecule has 0 aliphatic rings. The minimum Gasteiger partial charge on any atom is -0.456 e. The highest BCUT2D eigenvalue weighted by molar-refractivity contribution is 7.27. The predicted octanol–water partition coefficient (Wildman–Crippen LogP) is 16.7. The maximum atomic E-state index is 6.79. The average Bonchev–Trinajstić information content (AvgIpc) is 3.86. The van der Waals surface area contributed by atoms with Crippen LogP contribution in [0.4, 0.5) is 0 Å². The van der Waals surface area contributed by atoms with Crippen LogP contribution in [0.25, 0.3) is 129 Å². The first kappa shape index (κ1) is 31.9. The number of benzene rings is 11. The van der Waals surface area contributed by atoms with Crippen molar-refractivity contribution in [2.45, 2.75) is 0 Å². The van der Waals surface area contributed by atoms with E-state index >= 15 is 0 Å². The molecule has 11 aromatic carbocycles. The summed E-state index contributed by atoms with van der Waals surface area (Å²) in [5.74, 6) is 0. The largest absolute Gasteiger partial charge is 0.456 e. The zero-order valence-electron chi connectivity index (χ0n) is 31.3. The summed E-state index contributed by atoms with van der Waals surface area (Å²) in [5, 5.41) is 17.6. The number of fused-ring (bicyclic) bond motifs is 14. The van der Waals surface area contributed by atoms with E-state index in [4.69, 9.17) is 4.42 Å². The predicted molar refractivity (Wildman–Crippen MR) is 250 cm³/mol. The van der Waals surface area contributed by atoms with E-state index in [0.717, 1.165) is 33.1 Å². The Morgan fingerprint density at radius 3 is 1.55 bits per heavy atom. The van der Waals surface area contributed by atoms with Crippen molar-refractivity contribution in [2.24, 2.45) is 0 Å². The maximum Gasteiger partial charge on any atom is 0.136 e. The molecule has 13 rings (SSSR count). The first-order chi connectivity index (χ1) is 28.8. The molecule has 268 valence electrons. The molecule has 0 aliphatic carbocycles. The van der Waals surface area contributed by atoms with Gasteiger partial charge in [0.2, 0.25) is 0 Å². The van der Waals surface area contributed by atoms with Crippen LogP contribution < -0.4 is 0 Å². The Kier molecular flexibility index (Phi) is 6.66. The van der Waals surface area contributed by atoms with Crippen LogP contribution in [0.2, 0.25) is 0 Å². The van der Waals surface area contributed by atoms with Crippen LogP contribution in [-0.4, -0.2) is 0 Å². The third kappa shape index (κ3) is 4.52. The Morgan fingerprint density at radius 2 is 0.828 bits per heavy atom. The van der Waals surface area contributed by atoms with Gasteiger partial charge in [0.15, 0.2) is 0 Å². The van der Waals surface area contributed by atoms with Crippen molar-refractivity contribution in [3.63, 3.8) is 0 Å². The molecule has 2 heteroatoms. The summed E-state index contributed by atoms with van der Waals surface area (Å²) in [7, 11) is 0. The van der Waals surface area contributed by atoms with Crippen molar-refractivity contribution in [1.82, 2.24) is 0 Å². The summed E-state index contributed by atoms with van der Waals surface area (Å²) < 4.78 is 9.48. The fourth-order valence-electron chi connectivity index (χ4n) is 9.87. The van der Waals surface area contributed by atoms with E-state index in [9.17, 15) is 0 Å². The van der Waals surface area contributed by atoms with E-state index < -0.39 is 0 Å². The molecule has 0 radical (unpaired) electrons. The third-order valence-electron chi connectivity index (χ3n) is 12.4. The smallest absolute Gasteiger partial charge is 0.136 e. The zero-order chi connectivity index (χ0) is 37.9. The van der Waals surface area contributed by atoms with E-state index in [1.807, 2.05) is 11.3 Å². The zero-order valence-corrected chi connectivity index (χ0v) is 32.1. The van der Waals surface area contributed by atoms with Gasteiger partial charge in [-0.15, -0.1) is 11.3 Å². The van der Waals surface area contributed by atoms with Crippen molar-refractivity contribution < 1.29 is 4.42 Å². The summed E-state index contributed by atoms with van der Waals surface area (Å²) in [5.41, 5.74) is 9.04. The standard InChI is InChI=1S/C56H32OS/c1-2-14-37-33(12-1)13-11-22-41(37)54-45-19-7-5-17-43(45)53(44-18-6-8-20-46(44)54)36-26-28-40-39-27-24-35(31-50(39)57-51(40)32-36)34-25-29-47-49(30-34)38-15-3-4-16-42(38)55-48-21-9-10-23-52(48)58-56(47)55/h1-32H. The fraction of sp³-hybridized carbons (Fsp3) is 0. The SMILES string of the molecule is c1ccc2c(-c3c4ccccc4c(-c4ccc5c(c4)oc4cc(-c6ccc7c(c6)c6ccccc6c6c8ccccc8sc76)ccc45)c4ccccc34)cccc2c1. The highest BCUT2D eigenvalue weighted by Crippen LogP contribution is 2.47. The van der Waals surface area contributed by atoms with Crippen LogP contribution in [-0.2, 0) is 0 Å². The number of hydrogen-bond acceptors (Lipinski definition) is 2. The van der Waals surface area contributed by atoms with Crippen LogP contribution in [0, 0.1) is 0 Å². The van der Waals surface area contributed by atoms with Gasteiger partial charge in [-0.2, -0.15) is 0 Å². The van der Waals surface area contributed by atoms with Crippen molar-refractivity contribution in [3.8, 4) is 33.4 Å². The molecule has 1 nitrogen and oxygen atoms in total. The second kappa shape index (κ2) is 12.1. The van der Waals surface area contributed by atoms with E-state index in [1.54, 1.807) is 0 Å². The third-order valence-corrected chi connectivity index (χ3v) is 13.6. The monoisotopic (exact) mass is 752 g/mol. The molecule has 0 unspecified atom stereocenters. The molecule has 0 N–H and O–H groups in total. The molecule has 13 aromatic rings. The number of thiophene rings is 1. The summed E-state index contributed by atoms with van der Waals surface area (Å²) in [6.45, 7) is 0. The lowest BCUT2D eigenvalue weighted by atomic mass is 9.84. The minimum atomic E-state index is 0.896. The van der Waals surface area contributed by atoms with Gasteiger partial charge in [0, 0.05) is 36.3 Å². The number of hydrogen-bond donors (Lipinski definition) is 0. The first-order valence-corrected chi connectivity index (χ1v) is 20.7. The Bertz CT molecular complexity index is 3800. The van der Waals surface area contributed by atoms with E-state index in [2.05, 4.69) is 194 Å². The summed E-state index contributed by atoms with van der Waals surface area (Å²) in [4.78, 5) is 0. The fourth-order valence-corrected chi connectivity index (χ4v) is 11.1. The molecule has 2 aromatic heterocycles. The van der Waals surface area contributed by atoms with Gasteiger partial charge in [-0.3, -0.25) is 0 Å². The van der Waals surface area contributed by atoms with E-state index in [1.165, 1.54) is 96.3 Å². The van der Waals surface area contributed by atoms with Gasteiger partial charge in [-0.1, -0.05) is 158 Å². The molecule has 58 heavy (non-hydrogen) atoms. The second-order valence-corrected chi connectivity index (χ2v) is 16.6. The van der Waals surface area contributed by atoms with Gasteiger partial charge in [0.05, 0.1) is 0 Å². The molecular weight excluding hydrogens is 721 g/mol. The molecule has 0 aliphatic heterocycles.